The Morgan fingerprint density at radius 3 is 2.20 bits per heavy atom. The molecule has 6 heteroatoms. The van der Waals surface area contributed by atoms with Crippen LogP contribution < -0.4 is 20.5 Å². The van der Waals surface area contributed by atoms with E-state index in [4.69, 9.17) is 15.2 Å². The molecule has 0 aromatic heterocycles. The molecule has 3 N–H and O–H groups in total. The number of rotatable bonds is 8. The molecule has 0 saturated carbocycles. The lowest BCUT2D eigenvalue weighted by atomic mass is 9.91. The maximum absolute atomic E-state index is 11.5. The summed E-state index contributed by atoms with van der Waals surface area (Å²) >= 11 is 1.53. The number of carbonyl (C=O) groups is 1. The van der Waals surface area contributed by atoms with Crippen LogP contribution in [0.2, 0.25) is 0 Å². The molecule has 0 aliphatic heterocycles. The molecule has 1 aromatic carbocycles. The van der Waals surface area contributed by atoms with Crippen LogP contribution in [0.3, 0.4) is 0 Å². The molecule has 0 fully saturated rings. The third-order valence-corrected chi connectivity index (χ3v) is 5.26. The highest BCUT2D eigenvalue weighted by molar-refractivity contribution is 8.11. The molecule has 0 radical (unpaired) electrons. The number of fused-ring (bicyclic) bond motifs is 1. The zero-order chi connectivity index (χ0) is 23.1. The van der Waals surface area contributed by atoms with Gasteiger partial charge in [0.15, 0.2) is 0 Å². The smallest absolute Gasteiger partial charge is 0.221 e. The maximum Gasteiger partial charge on any atom is 0.221 e. The first-order valence-corrected chi connectivity index (χ1v) is 11.8. The number of ether oxygens (including phenoxy) is 2. The third-order valence-electron chi connectivity index (χ3n) is 4.01. The van der Waals surface area contributed by atoms with Gasteiger partial charge in [-0.2, -0.15) is 0 Å². The Kier molecular flexibility index (Phi) is 14.8. The Morgan fingerprint density at radius 2 is 1.67 bits per heavy atom. The Morgan fingerprint density at radius 1 is 1.10 bits per heavy atom. The van der Waals surface area contributed by atoms with Gasteiger partial charge in [0.25, 0.3) is 0 Å². The second-order valence-corrected chi connectivity index (χ2v) is 7.03. The first-order valence-electron chi connectivity index (χ1n) is 11.0. The molecule has 30 heavy (non-hydrogen) atoms. The zero-order valence-electron chi connectivity index (χ0n) is 20.0. The van der Waals surface area contributed by atoms with Crippen LogP contribution >= 0.6 is 11.8 Å². The number of thioether (sulfide) groups is 1. The van der Waals surface area contributed by atoms with Crippen molar-refractivity contribution in [1.82, 2.24) is 5.32 Å². The van der Waals surface area contributed by atoms with Crippen molar-refractivity contribution in [2.75, 3.05) is 19.8 Å². The van der Waals surface area contributed by atoms with E-state index in [1.165, 1.54) is 29.8 Å². The van der Waals surface area contributed by atoms with Gasteiger partial charge in [0, 0.05) is 29.5 Å². The molecule has 1 aliphatic rings. The average molecular weight is 437 g/mol. The molecule has 2 rings (SSSR count). The molecule has 170 valence electrons. The molecule has 1 amide bonds. The van der Waals surface area contributed by atoms with Crippen LogP contribution in [0.25, 0.3) is 4.91 Å². The van der Waals surface area contributed by atoms with Gasteiger partial charge in [0.1, 0.15) is 11.5 Å². The van der Waals surface area contributed by atoms with Crippen molar-refractivity contribution in [1.29, 1.82) is 0 Å². The van der Waals surface area contributed by atoms with Crippen molar-refractivity contribution in [3.05, 3.63) is 39.9 Å². The lowest BCUT2D eigenvalue weighted by molar-refractivity contribution is -0.118. The summed E-state index contributed by atoms with van der Waals surface area (Å²) in [6, 6.07) is 3.96. The molecule has 5 nitrogen and oxygen atoms in total. The first-order chi connectivity index (χ1) is 14.5. The standard InChI is InChI=1S/C20H28N2O3S.2C2H6/c1-5-24-16-9-10-17(25-6-2)19-15(16)8-7-13(3)20(19)26-18(11-12-21)22-14(4)23;2*1-2/h9-11H,5-8,12,21H2,1-4H3,(H,22,23);2*1-2H3/b18-11+;;. The van der Waals surface area contributed by atoms with Crippen LogP contribution in [-0.2, 0) is 11.2 Å². The Labute approximate surface area is 187 Å². The number of benzene rings is 1. The molecular weight excluding hydrogens is 396 g/mol. The fourth-order valence-electron chi connectivity index (χ4n) is 2.96. The lowest BCUT2D eigenvalue weighted by Crippen LogP contribution is -2.19. The van der Waals surface area contributed by atoms with Crippen molar-refractivity contribution in [2.45, 2.75) is 68.2 Å². The molecule has 0 bridgehead atoms. The van der Waals surface area contributed by atoms with E-state index in [2.05, 4.69) is 12.2 Å². The third kappa shape index (κ3) is 8.07. The fraction of sp³-hybridized carbons (Fsp3) is 0.542. The van der Waals surface area contributed by atoms with Gasteiger partial charge in [0.2, 0.25) is 5.91 Å². The van der Waals surface area contributed by atoms with Crippen molar-refractivity contribution >= 4 is 22.6 Å². The second-order valence-electron chi connectivity index (χ2n) is 5.98. The topological polar surface area (TPSA) is 73.6 Å². The summed E-state index contributed by atoms with van der Waals surface area (Å²) in [5, 5.41) is 3.61. The van der Waals surface area contributed by atoms with Crippen LogP contribution in [0, 0.1) is 0 Å². The van der Waals surface area contributed by atoms with E-state index in [1.807, 2.05) is 59.8 Å². The normalized spacial score (nSPS) is 12.6. The van der Waals surface area contributed by atoms with Crippen LogP contribution in [0.15, 0.2) is 28.8 Å². The summed E-state index contributed by atoms with van der Waals surface area (Å²) < 4.78 is 11.8. The molecule has 0 heterocycles. The molecule has 0 spiro atoms. The van der Waals surface area contributed by atoms with Crippen molar-refractivity contribution in [3.8, 4) is 11.5 Å². The number of hydrogen-bond acceptors (Lipinski definition) is 5. The quantitative estimate of drug-likeness (QED) is 0.532. The predicted octanol–water partition coefficient (Wildman–Crippen LogP) is 5.88. The number of nitrogens with one attached hydrogen (secondary N) is 1. The van der Waals surface area contributed by atoms with Gasteiger partial charge in [0.05, 0.1) is 18.2 Å². The Balaban J connectivity index is 0.00000198. The predicted molar refractivity (Wildman–Crippen MR) is 131 cm³/mol. The van der Waals surface area contributed by atoms with Crippen LogP contribution in [0.4, 0.5) is 0 Å². The summed E-state index contributed by atoms with van der Waals surface area (Å²) in [5.41, 5.74) is 9.18. The van der Waals surface area contributed by atoms with E-state index in [9.17, 15) is 4.79 Å². The SMILES string of the molecule is CC.CC.CCOc1ccc(OCC)c2c1CCC(C)=C2S/C(=C/CN)NC(C)=O. The Bertz CT molecular complexity index is 727. The van der Waals surface area contributed by atoms with Crippen molar-refractivity contribution < 1.29 is 14.3 Å². The Hall–Kier alpha value is -1.92. The van der Waals surface area contributed by atoms with Gasteiger partial charge in [-0.3, -0.25) is 4.79 Å². The van der Waals surface area contributed by atoms with Gasteiger partial charge >= 0.3 is 0 Å². The maximum atomic E-state index is 11.5. The molecule has 0 unspecified atom stereocenters. The summed E-state index contributed by atoms with van der Waals surface area (Å²) in [6.45, 7) is 17.2. The van der Waals surface area contributed by atoms with Crippen LogP contribution in [0.1, 0.15) is 72.9 Å². The van der Waals surface area contributed by atoms with Crippen LogP contribution in [-0.4, -0.2) is 25.7 Å². The minimum atomic E-state index is -0.111. The van der Waals surface area contributed by atoms with Gasteiger partial charge < -0.3 is 20.5 Å². The summed E-state index contributed by atoms with van der Waals surface area (Å²) in [4.78, 5) is 12.6. The van der Waals surface area contributed by atoms with Gasteiger partial charge in [-0.05, 0) is 51.8 Å². The van der Waals surface area contributed by atoms with E-state index in [1.54, 1.807) is 0 Å². The van der Waals surface area contributed by atoms with Crippen molar-refractivity contribution in [2.24, 2.45) is 5.73 Å². The highest BCUT2D eigenvalue weighted by Gasteiger charge is 2.25. The lowest BCUT2D eigenvalue weighted by Gasteiger charge is -2.26. The monoisotopic (exact) mass is 436 g/mol. The number of allylic oxidation sites excluding steroid dienone is 1. The van der Waals surface area contributed by atoms with Gasteiger partial charge in [-0.15, -0.1) is 0 Å². The number of nitrogens with two attached hydrogens (primary N) is 1. The summed E-state index contributed by atoms with van der Waals surface area (Å²) in [7, 11) is 0. The van der Waals surface area contributed by atoms with Crippen molar-refractivity contribution in [3.63, 3.8) is 0 Å². The summed E-state index contributed by atoms with van der Waals surface area (Å²) in [5.74, 6) is 1.64. The molecule has 0 saturated heterocycles. The van der Waals surface area contributed by atoms with Gasteiger partial charge in [-0.25, -0.2) is 0 Å². The molecular formula is C24H40N2O3S. The zero-order valence-corrected chi connectivity index (χ0v) is 20.8. The van der Waals surface area contributed by atoms with E-state index in [0.29, 0.717) is 19.8 Å². The van der Waals surface area contributed by atoms with E-state index in [0.717, 1.165) is 39.8 Å². The minimum absolute atomic E-state index is 0.111. The first kappa shape index (κ1) is 28.1. The highest BCUT2D eigenvalue weighted by Crippen LogP contribution is 2.48. The fourth-order valence-corrected chi connectivity index (χ4v) is 4.15. The molecule has 1 aliphatic carbocycles. The number of hydrogen-bond donors (Lipinski definition) is 2. The molecule has 1 aromatic rings. The second kappa shape index (κ2) is 15.9. The highest BCUT2D eigenvalue weighted by atomic mass is 32.2. The van der Waals surface area contributed by atoms with E-state index < -0.39 is 0 Å². The molecule has 0 atom stereocenters. The van der Waals surface area contributed by atoms with E-state index in [-0.39, 0.29) is 5.91 Å². The number of amides is 1. The van der Waals surface area contributed by atoms with Crippen LogP contribution in [0.5, 0.6) is 11.5 Å². The van der Waals surface area contributed by atoms with Gasteiger partial charge in [-0.1, -0.05) is 45.0 Å². The number of carbonyl (C=O) groups excluding carboxylic acids is 1. The average Bonchev–Trinajstić information content (AvgIpc) is 2.74. The van der Waals surface area contributed by atoms with E-state index >= 15 is 0 Å². The largest absolute Gasteiger partial charge is 0.494 e. The summed E-state index contributed by atoms with van der Waals surface area (Å²) in [6.07, 6.45) is 3.69. The minimum Gasteiger partial charge on any atom is -0.494 e.